The van der Waals surface area contributed by atoms with Gasteiger partial charge >= 0.3 is 8.80 Å². The molecule has 0 amide bonds. The summed E-state index contributed by atoms with van der Waals surface area (Å²) in [7, 11) is -0.256. The molecule has 0 N–H and O–H groups in total. The van der Waals surface area contributed by atoms with Crippen molar-refractivity contribution in [3.8, 4) is 0 Å². The van der Waals surface area contributed by atoms with Crippen LogP contribution in [-0.2, 0) is 22.9 Å². The van der Waals surface area contributed by atoms with Gasteiger partial charge in [-0.1, -0.05) is 45.4 Å². The Balaban J connectivity index is 2.91. The summed E-state index contributed by atoms with van der Waals surface area (Å²) in [4.78, 5) is 26.2. The first kappa shape index (κ1) is 20.8. The first-order chi connectivity index (χ1) is 11.0. The normalized spacial score (nSPS) is 21.8. The van der Waals surface area contributed by atoms with E-state index in [2.05, 4.69) is 18.7 Å². The van der Waals surface area contributed by atoms with E-state index in [9.17, 15) is 9.59 Å². The summed E-state index contributed by atoms with van der Waals surface area (Å²) in [6, 6.07) is 0. The average molecular weight is 364 g/mol. The summed E-state index contributed by atoms with van der Waals surface area (Å²) >= 11 is 1.04. The van der Waals surface area contributed by atoms with Crippen LogP contribution in [0.2, 0.25) is 0 Å². The molecule has 0 aliphatic carbocycles. The molecule has 1 atom stereocenters. The minimum absolute atomic E-state index is 0.408. The maximum Gasteiger partial charge on any atom is 0.526 e. The van der Waals surface area contributed by atoms with E-state index in [4.69, 9.17) is 13.3 Å². The third-order valence-electron chi connectivity index (χ3n) is 4.33. The van der Waals surface area contributed by atoms with E-state index in [0.717, 1.165) is 44.2 Å². The van der Waals surface area contributed by atoms with Gasteiger partial charge in [-0.25, -0.2) is 0 Å². The molecule has 0 radical (unpaired) electrons. The van der Waals surface area contributed by atoms with Crippen molar-refractivity contribution in [3.05, 3.63) is 0 Å². The largest absolute Gasteiger partial charge is 0.526 e. The predicted molar refractivity (Wildman–Crippen MR) is 93.4 cm³/mol. The Morgan fingerprint density at radius 1 is 1.13 bits per heavy atom. The van der Waals surface area contributed by atoms with Crippen molar-refractivity contribution in [1.82, 2.24) is 4.90 Å². The number of hydrogen-bond donors (Lipinski definition) is 0. The fourth-order valence-electron chi connectivity index (χ4n) is 2.81. The molecule has 23 heavy (non-hydrogen) atoms. The van der Waals surface area contributed by atoms with E-state index < -0.39 is 24.1 Å². The fraction of sp³-hybridized carbons (Fsp3) is 0.867. The number of ketones is 1. The molecule has 1 fully saturated rings. The van der Waals surface area contributed by atoms with Gasteiger partial charge in [0.2, 0.25) is 5.78 Å². The number of thioether (sulfide) groups is 1. The van der Waals surface area contributed by atoms with E-state index in [1.165, 1.54) is 14.2 Å². The highest BCUT2D eigenvalue weighted by molar-refractivity contribution is 8.22. The van der Waals surface area contributed by atoms with E-state index in [1.54, 1.807) is 0 Å². The van der Waals surface area contributed by atoms with E-state index >= 15 is 0 Å². The maximum atomic E-state index is 12.4. The molecule has 1 unspecified atom stereocenters. The van der Waals surface area contributed by atoms with Crippen LogP contribution in [0.3, 0.4) is 0 Å². The lowest BCUT2D eigenvalue weighted by atomic mass is 10.1. The van der Waals surface area contributed by atoms with Gasteiger partial charge in [0.05, 0.1) is 6.61 Å². The van der Waals surface area contributed by atoms with Crippen molar-refractivity contribution in [2.75, 3.05) is 40.5 Å². The lowest BCUT2D eigenvalue weighted by molar-refractivity contribution is -0.135. The molecule has 1 heterocycles. The van der Waals surface area contributed by atoms with Gasteiger partial charge in [0.15, 0.2) is 4.37 Å². The number of carbonyl (C=O) groups excluding carboxylic acids is 2. The van der Waals surface area contributed by atoms with E-state index in [-0.39, 0.29) is 0 Å². The number of hydrogen-bond acceptors (Lipinski definition) is 7. The summed E-state index contributed by atoms with van der Waals surface area (Å²) in [6.45, 7) is 9.26. The molecule has 6 nitrogen and oxygen atoms in total. The summed E-state index contributed by atoms with van der Waals surface area (Å²) < 4.78 is 16.4. The number of unbranched alkanes of at least 4 members (excludes halogenated alkanes) is 1. The molecule has 1 saturated heterocycles. The molecular weight excluding hydrogens is 334 g/mol. The minimum atomic E-state index is -3.28. The quantitative estimate of drug-likeness (QED) is 0.387. The highest BCUT2D eigenvalue weighted by Crippen LogP contribution is 2.50. The molecular formula is C15H29NO5SSi. The fourth-order valence-corrected chi connectivity index (χ4v) is 7.75. The Labute approximate surface area is 144 Å². The van der Waals surface area contributed by atoms with Crippen molar-refractivity contribution in [1.29, 1.82) is 0 Å². The zero-order valence-electron chi connectivity index (χ0n) is 14.8. The first-order valence-corrected chi connectivity index (χ1v) is 10.7. The Hall–Kier alpha value is -0.253. The predicted octanol–water partition coefficient (Wildman–Crippen LogP) is 1.89. The topological polar surface area (TPSA) is 65.1 Å². The molecule has 8 heteroatoms. The second kappa shape index (κ2) is 9.29. The SMILES string of the molecule is CCCCC1([Si](OC)(OC)OCCN(CC)CC)SC(=O)C1=O. The first-order valence-electron chi connectivity index (χ1n) is 8.21. The molecule has 134 valence electrons. The van der Waals surface area contributed by atoms with Gasteiger partial charge in [0.1, 0.15) is 0 Å². The standard InChI is InChI=1S/C15H29NO5SSi/c1-6-9-10-15(13(17)14(18)22-15)23(19-4,20-5)21-12-11-16(7-2)8-3/h6-12H2,1-5H3. The summed E-state index contributed by atoms with van der Waals surface area (Å²) in [5.74, 6) is -0.408. The molecule has 0 bridgehead atoms. The van der Waals surface area contributed by atoms with Crippen LogP contribution < -0.4 is 0 Å². The van der Waals surface area contributed by atoms with Crippen LogP contribution in [0.1, 0.15) is 40.0 Å². The Kier molecular flexibility index (Phi) is 8.40. The molecule has 0 aromatic carbocycles. The second-order valence-corrected chi connectivity index (χ2v) is 10.2. The minimum Gasteiger partial charge on any atom is -0.376 e. The van der Waals surface area contributed by atoms with E-state index in [0.29, 0.717) is 13.0 Å². The molecule has 0 aromatic heterocycles. The highest BCUT2D eigenvalue weighted by atomic mass is 32.2. The van der Waals surface area contributed by atoms with Gasteiger partial charge in [-0.2, -0.15) is 0 Å². The van der Waals surface area contributed by atoms with Crippen LogP contribution in [0, 0.1) is 0 Å². The number of likely N-dealkylation sites (N-methyl/N-ethyl adjacent to an activating group) is 1. The average Bonchev–Trinajstić information content (AvgIpc) is 2.59. The zero-order chi connectivity index (χ0) is 17.5. The lowest BCUT2D eigenvalue weighted by Gasteiger charge is -2.46. The second-order valence-electron chi connectivity index (χ2n) is 5.49. The zero-order valence-corrected chi connectivity index (χ0v) is 16.7. The monoisotopic (exact) mass is 363 g/mol. The van der Waals surface area contributed by atoms with Crippen molar-refractivity contribution in [2.24, 2.45) is 0 Å². The van der Waals surface area contributed by atoms with Gasteiger partial charge < -0.3 is 18.2 Å². The highest BCUT2D eigenvalue weighted by Gasteiger charge is 2.73. The van der Waals surface area contributed by atoms with Crippen LogP contribution in [0.4, 0.5) is 0 Å². The van der Waals surface area contributed by atoms with Gasteiger partial charge in [-0.3, -0.25) is 9.59 Å². The van der Waals surface area contributed by atoms with Crippen molar-refractivity contribution in [2.45, 2.75) is 44.4 Å². The molecule has 1 rings (SSSR count). The van der Waals surface area contributed by atoms with Crippen LogP contribution in [0.15, 0.2) is 0 Å². The summed E-state index contributed by atoms with van der Waals surface area (Å²) in [5, 5.41) is -0.417. The number of nitrogens with zero attached hydrogens (tertiary/aromatic N) is 1. The van der Waals surface area contributed by atoms with Gasteiger partial charge in [0, 0.05) is 20.8 Å². The van der Waals surface area contributed by atoms with Crippen LogP contribution in [-0.4, -0.2) is 69.4 Å². The number of carbonyl (C=O) groups is 2. The van der Waals surface area contributed by atoms with Crippen molar-refractivity contribution < 1.29 is 22.9 Å². The van der Waals surface area contributed by atoms with Gasteiger partial charge in [-0.05, 0) is 19.5 Å². The smallest absolute Gasteiger partial charge is 0.376 e. The molecule has 0 aromatic rings. The van der Waals surface area contributed by atoms with Gasteiger partial charge in [-0.15, -0.1) is 0 Å². The van der Waals surface area contributed by atoms with Crippen LogP contribution in [0.25, 0.3) is 0 Å². The third-order valence-corrected chi connectivity index (χ3v) is 9.62. The summed E-state index contributed by atoms with van der Waals surface area (Å²) in [5.41, 5.74) is 0. The lowest BCUT2D eigenvalue weighted by Crippen LogP contribution is -2.72. The Bertz CT molecular complexity index is 415. The molecule has 1 aliphatic rings. The van der Waals surface area contributed by atoms with Crippen molar-refractivity contribution in [3.63, 3.8) is 0 Å². The van der Waals surface area contributed by atoms with Crippen LogP contribution in [0.5, 0.6) is 0 Å². The molecule has 0 saturated carbocycles. The van der Waals surface area contributed by atoms with Crippen molar-refractivity contribution >= 4 is 31.5 Å². The maximum absolute atomic E-state index is 12.4. The Morgan fingerprint density at radius 2 is 1.74 bits per heavy atom. The molecule has 0 spiro atoms. The van der Waals surface area contributed by atoms with Gasteiger partial charge in [0.25, 0.3) is 5.12 Å². The molecule has 1 aliphatic heterocycles. The number of Topliss-reactive ketones (excluding diaryl/α,β-unsaturated/α-hetero) is 1. The third kappa shape index (κ3) is 4.05. The summed E-state index contributed by atoms with van der Waals surface area (Å²) in [6.07, 6.45) is 2.31. The van der Waals surface area contributed by atoms with Crippen LogP contribution >= 0.6 is 11.8 Å². The number of rotatable bonds is 12. The van der Waals surface area contributed by atoms with E-state index in [1.807, 2.05) is 6.92 Å². The Morgan fingerprint density at radius 3 is 2.13 bits per heavy atom.